The van der Waals surface area contributed by atoms with Gasteiger partial charge in [0.1, 0.15) is 0 Å². The Balaban J connectivity index is 1.71. The first-order valence-electron chi connectivity index (χ1n) is 8.80. The average Bonchev–Trinajstić information content (AvgIpc) is 2.63. The van der Waals surface area contributed by atoms with Gasteiger partial charge in [-0.05, 0) is 0 Å². The van der Waals surface area contributed by atoms with E-state index in [9.17, 15) is 18.0 Å². The molecule has 0 aromatic heterocycles. The standard InChI is InChI=1S/C20H21AsF3N2O/c1-26-11-9-14(10-12-26)21-15-5-4-6-16(13-15)25-19(27)17-7-2-3-8-18(17)20(22,23)24/h2-8,13-14H,9-12H2,1H3,(H,25,27). The summed E-state index contributed by atoms with van der Waals surface area (Å²) in [6.07, 6.45) is -2.22. The molecule has 143 valence electrons. The molecule has 1 radical (unpaired) electrons. The Labute approximate surface area is 163 Å². The Bertz CT molecular complexity index is 802. The zero-order valence-electron chi connectivity index (χ0n) is 15.0. The van der Waals surface area contributed by atoms with Crippen LogP contribution in [0.4, 0.5) is 18.9 Å². The number of nitrogens with one attached hydrogen (secondary N) is 1. The number of piperidine rings is 1. The van der Waals surface area contributed by atoms with Gasteiger partial charge in [-0.15, -0.1) is 0 Å². The molecule has 2 aromatic carbocycles. The fourth-order valence-corrected chi connectivity index (χ4v) is 5.85. The van der Waals surface area contributed by atoms with Crippen molar-refractivity contribution in [1.82, 2.24) is 4.90 Å². The molecule has 0 atom stereocenters. The van der Waals surface area contributed by atoms with Crippen LogP contribution >= 0.6 is 0 Å². The first-order chi connectivity index (χ1) is 12.8. The van der Waals surface area contributed by atoms with E-state index in [0.717, 1.165) is 19.2 Å². The number of rotatable bonds is 4. The monoisotopic (exact) mass is 437 g/mol. The molecule has 7 heteroatoms. The maximum absolute atomic E-state index is 13.1. The van der Waals surface area contributed by atoms with Crippen LogP contribution in [0.25, 0.3) is 0 Å². The van der Waals surface area contributed by atoms with Gasteiger partial charge in [0.15, 0.2) is 0 Å². The van der Waals surface area contributed by atoms with E-state index < -0.39 is 17.6 Å². The number of hydrogen-bond acceptors (Lipinski definition) is 2. The summed E-state index contributed by atoms with van der Waals surface area (Å²) in [5.74, 6) is -0.740. The van der Waals surface area contributed by atoms with Gasteiger partial charge in [0.2, 0.25) is 0 Å². The molecule has 1 N–H and O–H groups in total. The van der Waals surface area contributed by atoms with Crippen molar-refractivity contribution >= 4 is 31.7 Å². The van der Waals surface area contributed by atoms with Gasteiger partial charge in [-0.1, -0.05) is 0 Å². The summed E-state index contributed by atoms with van der Waals surface area (Å²) in [6, 6.07) is 12.3. The van der Waals surface area contributed by atoms with Gasteiger partial charge in [-0.25, -0.2) is 0 Å². The summed E-state index contributed by atoms with van der Waals surface area (Å²) in [5, 5.41) is 2.62. The third-order valence-corrected chi connectivity index (χ3v) is 7.66. The van der Waals surface area contributed by atoms with Crippen molar-refractivity contribution in [1.29, 1.82) is 0 Å². The molecule has 0 spiro atoms. The molecule has 1 saturated heterocycles. The molecular formula is C20H21AsF3N2O. The van der Waals surface area contributed by atoms with E-state index in [4.69, 9.17) is 0 Å². The quantitative estimate of drug-likeness (QED) is 0.739. The van der Waals surface area contributed by atoms with E-state index in [1.54, 1.807) is 6.07 Å². The second-order valence-corrected chi connectivity index (χ2v) is 9.87. The van der Waals surface area contributed by atoms with Crippen molar-refractivity contribution < 1.29 is 18.0 Å². The summed E-state index contributed by atoms with van der Waals surface area (Å²) in [5.41, 5.74) is -0.743. The summed E-state index contributed by atoms with van der Waals surface area (Å²) in [4.78, 5) is 14.7. The van der Waals surface area contributed by atoms with Crippen molar-refractivity contribution in [2.75, 3.05) is 25.5 Å². The maximum atomic E-state index is 13.1. The van der Waals surface area contributed by atoms with Crippen LogP contribution in [0.1, 0.15) is 28.8 Å². The van der Waals surface area contributed by atoms with Crippen molar-refractivity contribution in [3.05, 3.63) is 59.7 Å². The van der Waals surface area contributed by atoms with E-state index in [1.165, 1.54) is 35.4 Å². The predicted molar refractivity (Wildman–Crippen MR) is 102 cm³/mol. The van der Waals surface area contributed by atoms with Gasteiger partial charge >= 0.3 is 163 Å². The molecule has 1 fully saturated rings. The van der Waals surface area contributed by atoms with E-state index in [0.29, 0.717) is 10.4 Å². The van der Waals surface area contributed by atoms with E-state index in [2.05, 4.69) is 17.3 Å². The molecule has 0 saturated carbocycles. The first kappa shape index (κ1) is 20.0. The Hall–Kier alpha value is -1.78. The Morgan fingerprint density at radius 1 is 1.11 bits per heavy atom. The molecule has 1 heterocycles. The van der Waals surface area contributed by atoms with Crippen molar-refractivity contribution in [2.24, 2.45) is 0 Å². The SMILES string of the molecule is CN1CCC([As]c2cccc(NC(=O)c3ccccc3C(F)(F)F)c2)CC1. The summed E-state index contributed by atoms with van der Waals surface area (Å²) in [6.45, 7) is 2.20. The predicted octanol–water partition coefficient (Wildman–Crippen LogP) is 3.80. The number of anilines is 1. The average molecular weight is 437 g/mol. The number of hydrogen-bond donors (Lipinski definition) is 1. The Morgan fingerprint density at radius 3 is 2.52 bits per heavy atom. The van der Waals surface area contributed by atoms with Gasteiger partial charge in [-0.3, -0.25) is 0 Å². The molecule has 0 bridgehead atoms. The molecule has 0 unspecified atom stereocenters. The number of carbonyl (C=O) groups excluding carboxylic acids is 1. The number of benzene rings is 2. The molecule has 1 amide bonds. The Morgan fingerprint density at radius 2 is 1.81 bits per heavy atom. The fourth-order valence-electron chi connectivity index (χ4n) is 3.13. The van der Waals surface area contributed by atoms with Crippen LogP contribution in [0.5, 0.6) is 0 Å². The second-order valence-electron chi connectivity index (χ2n) is 6.71. The summed E-state index contributed by atoms with van der Waals surface area (Å²) >= 11 is -0.0313. The van der Waals surface area contributed by atoms with Crippen LogP contribution < -0.4 is 9.67 Å². The molecule has 1 aliphatic rings. The number of halogens is 3. The summed E-state index contributed by atoms with van der Waals surface area (Å²) < 4.78 is 41.2. The fraction of sp³-hybridized carbons (Fsp3) is 0.350. The van der Waals surface area contributed by atoms with Gasteiger partial charge in [0.05, 0.1) is 0 Å². The molecule has 3 rings (SSSR count). The second kappa shape index (κ2) is 8.49. The summed E-state index contributed by atoms with van der Waals surface area (Å²) in [7, 11) is 2.13. The molecular weight excluding hydrogens is 416 g/mol. The Kier molecular flexibility index (Phi) is 6.28. The van der Waals surface area contributed by atoms with Gasteiger partial charge in [0.25, 0.3) is 0 Å². The van der Waals surface area contributed by atoms with Crippen LogP contribution in [0.2, 0.25) is 4.71 Å². The van der Waals surface area contributed by atoms with Crippen molar-refractivity contribution in [3.63, 3.8) is 0 Å². The number of amides is 1. The number of carbonyl (C=O) groups is 1. The number of likely N-dealkylation sites (tertiary alicyclic amines) is 1. The van der Waals surface area contributed by atoms with Crippen molar-refractivity contribution in [2.45, 2.75) is 23.7 Å². The minimum atomic E-state index is -4.56. The molecule has 2 aromatic rings. The van der Waals surface area contributed by atoms with Crippen LogP contribution in [0.3, 0.4) is 0 Å². The van der Waals surface area contributed by atoms with Gasteiger partial charge in [-0.2, -0.15) is 0 Å². The normalized spacial score (nSPS) is 16.7. The minimum absolute atomic E-state index is 0.0313. The molecule has 0 aliphatic carbocycles. The van der Waals surface area contributed by atoms with Gasteiger partial charge < -0.3 is 0 Å². The number of nitrogens with zero attached hydrogens (tertiary/aromatic N) is 1. The van der Waals surface area contributed by atoms with E-state index in [-0.39, 0.29) is 21.3 Å². The van der Waals surface area contributed by atoms with Crippen LogP contribution in [0, 0.1) is 0 Å². The molecule has 3 nitrogen and oxygen atoms in total. The van der Waals surface area contributed by atoms with E-state index >= 15 is 0 Å². The molecule has 27 heavy (non-hydrogen) atoms. The zero-order chi connectivity index (χ0) is 19.4. The first-order valence-corrected chi connectivity index (χ1v) is 10.8. The van der Waals surface area contributed by atoms with Crippen molar-refractivity contribution in [3.8, 4) is 0 Å². The third-order valence-electron chi connectivity index (χ3n) is 4.60. The zero-order valence-corrected chi connectivity index (χ0v) is 16.8. The topological polar surface area (TPSA) is 32.3 Å². The van der Waals surface area contributed by atoms with Crippen LogP contribution in [0.15, 0.2) is 48.5 Å². The van der Waals surface area contributed by atoms with Gasteiger partial charge in [0, 0.05) is 0 Å². The van der Waals surface area contributed by atoms with Crippen LogP contribution in [-0.4, -0.2) is 46.7 Å². The number of alkyl halides is 3. The third kappa shape index (κ3) is 5.36. The van der Waals surface area contributed by atoms with Crippen LogP contribution in [-0.2, 0) is 6.18 Å². The van der Waals surface area contributed by atoms with E-state index in [1.807, 2.05) is 18.2 Å². The molecule has 1 aliphatic heterocycles.